The molecule has 1 aliphatic heterocycles. The maximum atomic E-state index is 6.78. The van der Waals surface area contributed by atoms with Gasteiger partial charge in [-0.05, 0) is 98.2 Å². The molecule has 0 amide bonds. The van der Waals surface area contributed by atoms with Crippen molar-refractivity contribution >= 4 is 41.6 Å². The molecule has 192 valence electrons. The second kappa shape index (κ2) is 10.8. The van der Waals surface area contributed by atoms with Crippen molar-refractivity contribution in [2.75, 3.05) is 6.61 Å². The van der Waals surface area contributed by atoms with E-state index in [-0.39, 0.29) is 24.4 Å². The van der Waals surface area contributed by atoms with E-state index in [9.17, 15) is 0 Å². The Morgan fingerprint density at radius 2 is 1.00 bits per heavy atom. The second-order valence-corrected chi connectivity index (χ2v) is 36.1. The Balaban J connectivity index is 3.41. The molecule has 0 radical (unpaired) electrons. The van der Waals surface area contributed by atoms with Gasteiger partial charge >= 0.3 is 0 Å². The van der Waals surface area contributed by atoms with Gasteiger partial charge in [-0.1, -0.05) is 0 Å². The normalized spacial score (nSPS) is 27.1. The van der Waals surface area contributed by atoms with Crippen LogP contribution in [0.2, 0.25) is 98.2 Å². The van der Waals surface area contributed by atoms with Gasteiger partial charge in [0.25, 0.3) is 0 Å². The van der Waals surface area contributed by atoms with E-state index in [0.717, 1.165) is 0 Å². The highest BCUT2D eigenvalue weighted by atomic mass is 28.4. The third-order valence-corrected chi connectivity index (χ3v) is 9.15. The lowest BCUT2D eigenvalue weighted by molar-refractivity contribution is -0.134. The zero-order valence-corrected chi connectivity index (χ0v) is 28.5. The molecule has 2 unspecified atom stereocenters. The minimum absolute atomic E-state index is 0.210. The molecule has 1 rings (SSSR count). The fourth-order valence-corrected chi connectivity index (χ4v) is 8.26. The summed E-state index contributed by atoms with van der Waals surface area (Å²) in [6.45, 7) is 33.6. The molecule has 0 bridgehead atoms. The van der Waals surface area contributed by atoms with Crippen molar-refractivity contribution in [3.05, 3.63) is 0 Å². The van der Waals surface area contributed by atoms with E-state index < -0.39 is 47.9 Å². The average Bonchev–Trinajstić information content (AvgIpc) is 2.74. The lowest BCUT2D eigenvalue weighted by Gasteiger charge is -2.38. The summed E-state index contributed by atoms with van der Waals surface area (Å²) < 4.78 is 39.7. The summed E-state index contributed by atoms with van der Waals surface area (Å²) in [6, 6.07) is 0. The largest absolute Gasteiger partial charge is 0.415 e. The molecule has 0 aliphatic carbocycles. The van der Waals surface area contributed by atoms with Gasteiger partial charge in [-0.25, -0.2) is 0 Å². The lowest BCUT2D eigenvalue weighted by atomic mass is 10.1. The molecule has 11 heteroatoms. The Labute approximate surface area is 203 Å². The van der Waals surface area contributed by atoms with Crippen LogP contribution in [0.5, 0.6) is 0 Å². The van der Waals surface area contributed by atoms with Gasteiger partial charge in [0, 0.05) is 0 Å². The molecule has 0 aromatic heterocycles. The van der Waals surface area contributed by atoms with Crippen LogP contribution >= 0.6 is 0 Å². The van der Waals surface area contributed by atoms with E-state index in [4.69, 9.17) is 26.9 Å². The Hall–Kier alpha value is 0.844. The Morgan fingerprint density at radius 1 is 0.562 bits per heavy atom. The van der Waals surface area contributed by atoms with Crippen LogP contribution in [0.1, 0.15) is 0 Å². The van der Waals surface area contributed by atoms with E-state index in [2.05, 4.69) is 98.2 Å². The van der Waals surface area contributed by atoms with Gasteiger partial charge in [0.2, 0.25) is 0 Å². The Bertz CT molecular complexity index is 586. The highest BCUT2D eigenvalue weighted by molar-refractivity contribution is 6.71. The second-order valence-electron chi connectivity index (χ2n) is 13.8. The quantitative estimate of drug-likeness (QED) is 0.280. The molecule has 0 N–H and O–H groups in total. The number of ether oxygens (including phenoxy) is 1. The van der Waals surface area contributed by atoms with Crippen molar-refractivity contribution in [1.82, 2.24) is 0 Å². The number of rotatable bonds is 12. The predicted octanol–water partition coefficient (Wildman–Crippen LogP) is 6.07. The van der Waals surface area contributed by atoms with Crippen molar-refractivity contribution in [2.45, 2.75) is 129 Å². The van der Waals surface area contributed by atoms with Gasteiger partial charge in [0.05, 0.1) is 12.7 Å². The average molecular weight is 541 g/mol. The molecule has 1 heterocycles. The molecular weight excluding hydrogens is 489 g/mol. The van der Waals surface area contributed by atoms with Crippen molar-refractivity contribution < 1.29 is 26.9 Å². The van der Waals surface area contributed by atoms with Crippen LogP contribution in [-0.2, 0) is 26.9 Å². The van der Waals surface area contributed by atoms with Crippen molar-refractivity contribution in [1.29, 1.82) is 0 Å². The summed E-state index contributed by atoms with van der Waals surface area (Å²) >= 11 is 0. The van der Waals surface area contributed by atoms with Crippen molar-refractivity contribution in [2.24, 2.45) is 0 Å². The predicted molar refractivity (Wildman–Crippen MR) is 147 cm³/mol. The van der Waals surface area contributed by atoms with Gasteiger partial charge in [0.1, 0.15) is 18.3 Å². The van der Waals surface area contributed by atoms with Gasteiger partial charge in [0.15, 0.2) is 47.9 Å². The molecule has 5 atom stereocenters. The summed E-state index contributed by atoms with van der Waals surface area (Å²) in [5.74, 6) is 0. The first kappa shape index (κ1) is 30.9. The minimum Gasteiger partial charge on any atom is -0.415 e. The first-order chi connectivity index (χ1) is 14.0. The molecule has 0 aromatic rings. The van der Waals surface area contributed by atoms with Gasteiger partial charge < -0.3 is 26.9 Å². The zero-order chi connectivity index (χ0) is 25.3. The van der Waals surface area contributed by atoms with E-state index in [1.165, 1.54) is 0 Å². The summed E-state index contributed by atoms with van der Waals surface area (Å²) in [5.41, 5.74) is 0. The van der Waals surface area contributed by atoms with E-state index in [1.807, 2.05) is 0 Å². The SMILES string of the molecule is C[Si](C)(C)OCC(O[Si](C)(C)C)[C@H]1OC(O[Si](C)(C)C)[C@H](O[Si](C)(C)C)[C@H]1O[Si](C)(C)C. The highest BCUT2D eigenvalue weighted by Gasteiger charge is 2.54. The molecule has 0 saturated carbocycles. The maximum Gasteiger partial charge on any atom is 0.187 e. The van der Waals surface area contributed by atoms with Gasteiger partial charge in [-0.2, -0.15) is 0 Å². The monoisotopic (exact) mass is 540 g/mol. The van der Waals surface area contributed by atoms with Crippen LogP contribution in [0.3, 0.4) is 0 Å². The van der Waals surface area contributed by atoms with Gasteiger partial charge in [-0.3, -0.25) is 0 Å². The Morgan fingerprint density at radius 3 is 1.38 bits per heavy atom. The number of hydrogen-bond donors (Lipinski definition) is 0. The van der Waals surface area contributed by atoms with Gasteiger partial charge in [-0.15, -0.1) is 0 Å². The molecule has 32 heavy (non-hydrogen) atoms. The molecular formula is C21H52O6Si5. The summed E-state index contributed by atoms with van der Waals surface area (Å²) in [4.78, 5) is 0. The van der Waals surface area contributed by atoms with Crippen LogP contribution in [0.15, 0.2) is 0 Å². The third-order valence-electron chi connectivity index (χ3n) is 4.21. The van der Waals surface area contributed by atoms with Crippen LogP contribution < -0.4 is 0 Å². The van der Waals surface area contributed by atoms with Crippen LogP contribution in [-0.4, -0.2) is 78.9 Å². The molecule has 0 spiro atoms. The van der Waals surface area contributed by atoms with Crippen LogP contribution in [0.4, 0.5) is 0 Å². The molecule has 6 nitrogen and oxygen atoms in total. The topological polar surface area (TPSA) is 55.4 Å². The van der Waals surface area contributed by atoms with Crippen molar-refractivity contribution in [3.63, 3.8) is 0 Å². The minimum atomic E-state index is -1.90. The van der Waals surface area contributed by atoms with E-state index >= 15 is 0 Å². The van der Waals surface area contributed by atoms with E-state index in [0.29, 0.717) is 6.61 Å². The van der Waals surface area contributed by atoms with Crippen molar-refractivity contribution in [3.8, 4) is 0 Å². The smallest absolute Gasteiger partial charge is 0.187 e. The summed E-state index contributed by atoms with van der Waals surface area (Å²) in [5, 5.41) is 0. The summed E-state index contributed by atoms with van der Waals surface area (Å²) in [6.07, 6.45) is -1.43. The van der Waals surface area contributed by atoms with Crippen LogP contribution in [0, 0.1) is 0 Å². The van der Waals surface area contributed by atoms with E-state index in [1.54, 1.807) is 0 Å². The fourth-order valence-electron chi connectivity index (χ4n) is 3.45. The molecule has 1 aliphatic rings. The fraction of sp³-hybridized carbons (Fsp3) is 1.00. The zero-order valence-electron chi connectivity index (χ0n) is 23.5. The molecule has 1 saturated heterocycles. The standard InChI is InChI=1S/C21H52O6Si5/c1-28(2,3)22-16-17(24-29(4,5)6)18-19(25-30(7,8)9)20(26-31(10,11)12)21(23-18)27-32(13,14)15/h17-21H,16H2,1-15H3/t17?,18-,19+,20-,21?/m1/s1. The first-order valence-electron chi connectivity index (χ1n) is 12.0. The summed E-state index contributed by atoms with van der Waals surface area (Å²) in [7, 11) is -9.25. The number of hydrogen-bond acceptors (Lipinski definition) is 6. The molecule has 0 aromatic carbocycles. The Kier molecular flexibility index (Phi) is 10.5. The molecule has 1 fully saturated rings. The maximum absolute atomic E-state index is 6.78. The highest BCUT2D eigenvalue weighted by Crippen LogP contribution is 2.36. The van der Waals surface area contributed by atoms with Crippen LogP contribution in [0.25, 0.3) is 0 Å². The first-order valence-corrected chi connectivity index (χ1v) is 29.0. The lowest BCUT2D eigenvalue weighted by Crippen LogP contribution is -2.53. The third kappa shape index (κ3) is 12.5.